The van der Waals surface area contributed by atoms with E-state index in [9.17, 15) is 15.3 Å². The predicted octanol–water partition coefficient (Wildman–Crippen LogP) is 4.07. The summed E-state index contributed by atoms with van der Waals surface area (Å²) in [6.07, 6.45) is 0. The van der Waals surface area contributed by atoms with Gasteiger partial charge in [-0.2, -0.15) is 0 Å². The molecule has 1 aromatic heterocycles. The number of methoxy groups -OCH3 is 3. The van der Waals surface area contributed by atoms with Crippen molar-refractivity contribution in [2.24, 2.45) is 0 Å². The van der Waals surface area contributed by atoms with Crippen LogP contribution >= 0.6 is 0 Å². The second-order valence-corrected chi connectivity index (χ2v) is 8.87. The van der Waals surface area contributed by atoms with Crippen LogP contribution in [-0.2, 0) is 14.2 Å². The Labute approximate surface area is 243 Å². The zero-order valence-corrected chi connectivity index (χ0v) is 23.6. The van der Waals surface area contributed by atoms with E-state index in [1.165, 1.54) is 18.2 Å². The molecule has 4 rings (SSSR count). The highest BCUT2D eigenvalue weighted by Crippen LogP contribution is 2.37. The molecule has 12 heteroatoms. The minimum absolute atomic E-state index is 0.107. The van der Waals surface area contributed by atoms with Crippen LogP contribution < -0.4 is 14.2 Å². The van der Waals surface area contributed by atoms with Crippen molar-refractivity contribution >= 4 is 0 Å². The molecule has 3 aromatic carbocycles. The highest BCUT2D eigenvalue weighted by atomic mass is 16.5. The Bertz CT molecular complexity index is 1300. The van der Waals surface area contributed by atoms with Gasteiger partial charge >= 0.3 is 0 Å². The molecule has 42 heavy (non-hydrogen) atoms. The van der Waals surface area contributed by atoms with Gasteiger partial charge in [0, 0.05) is 39.5 Å². The fourth-order valence-corrected chi connectivity index (χ4v) is 3.84. The summed E-state index contributed by atoms with van der Waals surface area (Å²) in [7, 11) is 4.71. The first-order valence-corrected chi connectivity index (χ1v) is 13.0. The van der Waals surface area contributed by atoms with Gasteiger partial charge in [-0.1, -0.05) is 0 Å². The maximum atomic E-state index is 10.8. The summed E-state index contributed by atoms with van der Waals surface area (Å²) in [5.41, 5.74) is 0.867. The Hall–Kier alpha value is -4.65. The molecule has 12 nitrogen and oxygen atoms in total. The lowest BCUT2D eigenvalue weighted by molar-refractivity contribution is 0.146. The van der Waals surface area contributed by atoms with Crippen LogP contribution in [0.1, 0.15) is 0 Å². The normalized spacial score (nSPS) is 10.9. The molecule has 4 aromatic rings. The quantitative estimate of drug-likeness (QED) is 0.174. The Morgan fingerprint density at radius 1 is 0.452 bits per heavy atom. The second kappa shape index (κ2) is 14.8. The second-order valence-electron chi connectivity index (χ2n) is 8.87. The number of aromatic nitrogens is 3. The van der Waals surface area contributed by atoms with E-state index < -0.39 is 0 Å². The van der Waals surface area contributed by atoms with Gasteiger partial charge in [0.05, 0.1) is 36.5 Å². The Morgan fingerprint density at radius 3 is 0.976 bits per heavy atom. The number of hydrogen-bond donors (Lipinski definition) is 3. The van der Waals surface area contributed by atoms with Gasteiger partial charge in [-0.25, -0.2) is 15.0 Å². The van der Waals surface area contributed by atoms with Crippen molar-refractivity contribution < 1.29 is 43.7 Å². The zero-order chi connectivity index (χ0) is 29.9. The summed E-state index contributed by atoms with van der Waals surface area (Å²) in [5, 5.41) is 32.5. The minimum atomic E-state index is -0.134. The van der Waals surface area contributed by atoms with Crippen LogP contribution in [-0.4, -0.2) is 91.2 Å². The molecular formula is C30H33N3O9. The first kappa shape index (κ1) is 30.3. The van der Waals surface area contributed by atoms with Gasteiger partial charge in [0.15, 0.2) is 17.5 Å². The summed E-state index contributed by atoms with van der Waals surface area (Å²) in [6, 6.07) is 14.2. The third kappa shape index (κ3) is 7.75. The number of phenols is 3. The van der Waals surface area contributed by atoms with Crippen LogP contribution in [0.4, 0.5) is 0 Å². The van der Waals surface area contributed by atoms with Crippen LogP contribution in [0.25, 0.3) is 34.2 Å². The number of phenolic OH excluding ortho intramolecular Hbond substituents is 3. The highest BCUT2D eigenvalue weighted by Gasteiger charge is 2.19. The number of nitrogens with zero attached hydrogens (tertiary/aromatic N) is 3. The standard InChI is InChI=1S/C30H33N3O9/c1-37-10-13-40-19-4-7-22(25(34)16-19)28-31-29(23-8-5-20(17-26(23)35)41-14-11-38-2)33-30(32-28)24-9-6-21(18-27(24)36)42-15-12-39-3/h4-9,16-18,34-36H,10-15H2,1-3H3. The molecule has 0 unspecified atom stereocenters. The molecule has 0 aliphatic heterocycles. The maximum absolute atomic E-state index is 10.8. The molecule has 0 fully saturated rings. The number of ether oxygens (including phenoxy) is 6. The third-order valence-electron chi connectivity index (χ3n) is 5.93. The van der Waals surface area contributed by atoms with Gasteiger partial charge < -0.3 is 43.7 Å². The molecule has 0 spiro atoms. The SMILES string of the molecule is COCCOc1ccc(-c2nc(-c3ccc(OCCOC)cc3O)nc(-c3ccc(OCCOC)cc3O)n2)c(O)c1. The van der Waals surface area contributed by atoms with E-state index in [-0.39, 0.29) is 51.4 Å². The Balaban J connectivity index is 1.76. The topological polar surface area (TPSA) is 155 Å². The molecule has 0 radical (unpaired) electrons. The summed E-state index contributed by atoms with van der Waals surface area (Å²) in [4.78, 5) is 13.6. The zero-order valence-electron chi connectivity index (χ0n) is 23.6. The van der Waals surface area contributed by atoms with Crippen molar-refractivity contribution in [3.8, 4) is 68.7 Å². The van der Waals surface area contributed by atoms with Crippen molar-refractivity contribution in [3.63, 3.8) is 0 Å². The predicted molar refractivity (Wildman–Crippen MR) is 153 cm³/mol. The van der Waals surface area contributed by atoms with Gasteiger partial charge in [-0.05, 0) is 36.4 Å². The fraction of sp³-hybridized carbons (Fsp3) is 0.300. The Kier molecular flexibility index (Phi) is 10.7. The summed E-state index contributed by atoms with van der Waals surface area (Å²) in [6.45, 7) is 2.10. The van der Waals surface area contributed by atoms with Crippen molar-refractivity contribution in [2.75, 3.05) is 61.0 Å². The number of rotatable bonds is 15. The Morgan fingerprint density at radius 2 is 0.738 bits per heavy atom. The van der Waals surface area contributed by atoms with Gasteiger partial charge in [0.25, 0.3) is 0 Å². The number of aromatic hydroxyl groups is 3. The average molecular weight is 580 g/mol. The maximum Gasteiger partial charge on any atom is 0.167 e. The molecule has 0 bridgehead atoms. The lowest BCUT2D eigenvalue weighted by Gasteiger charge is -2.13. The average Bonchev–Trinajstić information content (AvgIpc) is 2.97. The lowest BCUT2D eigenvalue weighted by atomic mass is 10.1. The van der Waals surface area contributed by atoms with Gasteiger partial charge in [-0.3, -0.25) is 0 Å². The summed E-state index contributed by atoms with van der Waals surface area (Å²) < 4.78 is 31.7. The van der Waals surface area contributed by atoms with Crippen LogP contribution in [0.3, 0.4) is 0 Å². The van der Waals surface area contributed by atoms with E-state index in [0.29, 0.717) is 56.9 Å². The third-order valence-corrected chi connectivity index (χ3v) is 5.93. The number of hydrogen-bond acceptors (Lipinski definition) is 12. The minimum Gasteiger partial charge on any atom is -0.507 e. The van der Waals surface area contributed by atoms with E-state index >= 15 is 0 Å². The number of benzene rings is 3. The summed E-state index contributed by atoms with van der Waals surface area (Å²) >= 11 is 0. The molecule has 3 N–H and O–H groups in total. The van der Waals surface area contributed by atoms with E-state index in [2.05, 4.69) is 15.0 Å². The van der Waals surface area contributed by atoms with Gasteiger partial charge in [0.2, 0.25) is 0 Å². The van der Waals surface area contributed by atoms with Crippen molar-refractivity contribution in [1.82, 2.24) is 15.0 Å². The van der Waals surface area contributed by atoms with E-state index in [0.717, 1.165) is 0 Å². The summed E-state index contributed by atoms with van der Waals surface area (Å²) in [5.74, 6) is 1.23. The molecular weight excluding hydrogens is 546 g/mol. The van der Waals surface area contributed by atoms with Crippen LogP contribution in [0.5, 0.6) is 34.5 Å². The van der Waals surface area contributed by atoms with E-state index in [1.54, 1.807) is 57.7 Å². The van der Waals surface area contributed by atoms with Gasteiger partial charge in [0.1, 0.15) is 54.3 Å². The van der Waals surface area contributed by atoms with Crippen molar-refractivity contribution in [3.05, 3.63) is 54.6 Å². The fourth-order valence-electron chi connectivity index (χ4n) is 3.84. The molecule has 0 amide bonds. The molecule has 0 saturated heterocycles. The molecule has 0 saturated carbocycles. The van der Waals surface area contributed by atoms with Crippen LogP contribution in [0.2, 0.25) is 0 Å². The first-order valence-electron chi connectivity index (χ1n) is 13.0. The molecule has 0 aliphatic carbocycles. The molecule has 0 atom stereocenters. The first-order chi connectivity index (χ1) is 20.4. The highest BCUT2D eigenvalue weighted by molar-refractivity contribution is 5.74. The van der Waals surface area contributed by atoms with E-state index in [1.807, 2.05) is 0 Å². The largest absolute Gasteiger partial charge is 0.507 e. The van der Waals surface area contributed by atoms with Crippen molar-refractivity contribution in [2.45, 2.75) is 0 Å². The van der Waals surface area contributed by atoms with Crippen LogP contribution in [0.15, 0.2) is 54.6 Å². The molecule has 0 aliphatic rings. The molecule has 222 valence electrons. The lowest BCUT2D eigenvalue weighted by Crippen LogP contribution is -2.05. The monoisotopic (exact) mass is 579 g/mol. The van der Waals surface area contributed by atoms with Crippen LogP contribution in [0, 0.1) is 0 Å². The smallest absolute Gasteiger partial charge is 0.167 e. The molecule has 1 heterocycles. The van der Waals surface area contributed by atoms with Crippen molar-refractivity contribution in [1.29, 1.82) is 0 Å². The van der Waals surface area contributed by atoms with E-state index in [4.69, 9.17) is 28.4 Å². The van der Waals surface area contributed by atoms with Gasteiger partial charge in [-0.15, -0.1) is 0 Å².